The first kappa shape index (κ1) is 13.8. The summed E-state index contributed by atoms with van der Waals surface area (Å²) in [6, 6.07) is 0. The molecule has 0 bridgehead atoms. The summed E-state index contributed by atoms with van der Waals surface area (Å²) in [7, 11) is 0. The Hall–Kier alpha value is 0.799. The number of hydrogen-bond donors (Lipinski definition) is 0. The maximum absolute atomic E-state index is 2.33. The molecule has 0 aliphatic heterocycles. The first-order valence-electron chi connectivity index (χ1n) is 6.18. The fourth-order valence-corrected chi connectivity index (χ4v) is 11.1. The maximum Gasteiger partial charge on any atom is -1.00 e. The van der Waals surface area contributed by atoms with Crippen LogP contribution < -0.4 is 0 Å². The second kappa shape index (κ2) is 10.9. The summed E-state index contributed by atoms with van der Waals surface area (Å²) in [5.41, 5.74) is 0. The van der Waals surface area contributed by atoms with Crippen LogP contribution in [0.3, 0.4) is 0 Å². The fourth-order valence-electron chi connectivity index (χ4n) is 1.66. The second-order valence-electron chi connectivity index (χ2n) is 4.06. The molecule has 13 heavy (non-hydrogen) atoms. The van der Waals surface area contributed by atoms with E-state index in [2.05, 4.69) is 20.8 Å². The molecule has 0 saturated carbocycles. The first-order valence-corrected chi connectivity index (χ1v) is 12.2. The Morgan fingerprint density at radius 2 is 1.00 bits per heavy atom. The van der Waals surface area contributed by atoms with Gasteiger partial charge in [0.15, 0.2) is 0 Å². The molecule has 0 aromatic heterocycles. The Labute approximate surface area is 93.7 Å². The van der Waals surface area contributed by atoms with Crippen molar-refractivity contribution in [2.75, 3.05) is 0 Å². The van der Waals surface area contributed by atoms with Gasteiger partial charge in [0, 0.05) is 0 Å². The predicted molar refractivity (Wildman–Crippen MR) is 66.0 cm³/mol. The van der Waals surface area contributed by atoms with E-state index >= 15 is 0 Å². The molecule has 0 fully saturated rings. The van der Waals surface area contributed by atoms with Crippen molar-refractivity contribution >= 4 is 19.8 Å². The van der Waals surface area contributed by atoms with E-state index in [0.717, 1.165) is 0 Å². The van der Waals surface area contributed by atoms with E-state index in [4.69, 9.17) is 0 Å². The third-order valence-corrected chi connectivity index (χ3v) is 11.7. The van der Waals surface area contributed by atoms with Crippen LogP contribution in [0.4, 0.5) is 0 Å². The van der Waals surface area contributed by atoms with Gasteiger partial charge in [0.2, 0.25) is 0 Å². The van der Waals surface area contributed by atoms with Crippen molar-refractivity contribution in [3.05, 3.63) is 0 Å². The van der Waals surface area contributed by atoms with Crippen molar-refractivity contribution in [3.8, 4) is 0 Å². The minimum Gasteiger partial charge on any atom is -1.00 e. The molecular formula is C12H28Sn-. The average molecular weight is 291 g/mol. The molecule has 81 valence electrons. The SMILES string of the molecule is CCC[CH2][Sn]([CH2]CCC)[CH2]CCC.[H-]. The first-order chi connectivity index (χ1) is 6.35. The van der Waals surface area contributed by atoms with Gasteiger partial charge in [0.1, 0.15) is 0 Å². The summed E-state index contributed by atoms with van der Waals surface area (Å²) >= 11 is -0.839. The van der Waals surface area contributed by atoms with Gasteiger partial charge < -0.3 is 1.43 Å². The molecule has 0 N–H and O–H groups in total. The van der Waals surface area contributed by atoms with E-state index < -0.39 is 19.8 Å². The molecule has 0 atom stereocenters. The molecule has 0 aromatic carbocycles. The summed E-state index contributed by atoms with van der Waals surface area (Å²) in [4.78, 5) is 0. The topological polar surface area (TPSA) is 0 Å². The van der Waals surface area contributed by atoms with Crippen LogP contribution in [0.25, 0.3) is 0 Å². The zero-order valence-electron chi connectivity index (χ0n) is 10.9. The van der Waals surface area contributed by atoms with Crippen LogP contribution in [0.2, 0.25) is 13.3 Å². The summed E-state index contributed by atoms with van der Waals surface area (Å²) in [5.74, 6) is 0. The van der Waals surface area contributed by atoms with Crippen molar-refractivity contribution in [1.29, 1.82) is 0 Å². The monoisotopic (exact) mass is 292 g/mol. The van der Waals surface area contributed by atoms with Crippen LogP contribution in [-0.4, -0.2) is 19.8 Å². The normalized spacial score (nSPS) is 11.1. The van der Waals surface area contributed by atoms with Crippen molar-refractivity contribution in [2.45, 2.75) is 72.6 Å². The summed E-state index contributed by atoms with van der Waals surface area (Å²) in [6.07, 6.45) is 8.85. The maximum atomic E-state index is 2.33. The van der Waals surface area contributed by atoms with Crippen LogP contribution in [0.1, 0.15) is 60.7 Å². The average Bonchev–Trinajstić information content (AvgIpc) is 2.17. The number of rotatable bonds is 9. The third-order valence-electron chi connectivity index (χ3n) is 2.65. The van der Waals surface area contributed by atoms with Gasteiger partial charge in [-0.1, -0.05) is 0 Å². The molecule has 0 aliphatic rings. The molecular weight excluding hydrogens is 263 g/mol. The molecule has 0 nitrogen and oxygen atoms in total. The molecule has 0 saturated heterocycles. The number of hydrogen-bond acceptors (Lipinski definition) is 0. The van der Waals surface area contributed by atoms with Gasteiger partial charge in [-0.3, -0.25) is 0 Å². The Bertz CT molecular complexity index is 77.3. The molecule has 0 aromatic rings. The summed E-state index contributed by atoms with van der Waals surface area (Å²) < 4.78 is 5.04. The van der Waals surface area contributed by atoms with E-state index in [1.165, 1.54) is 38.5 Å². The van der Waals surface area contributed by atoms with Crippen molar-refractivity contribution in [3.63, 3.8) is 0 Å². The zero-order valence-corrected chi connectivity index (χ0v) is 12.7. The van der Waals surface area contributed by atoms with Gasteiger partial charge in [-0.25, -0.2) is 0 Å². The summed E-state index contributed by atoms with van der Waals surface area (Å²) in [5, 5.41) is 0. The Morgan fingerprint density at radius 3 is 1.23 bits per heavy atom. The molecule has 1 radical (unpaired) electrons. The van der Waals surface area contributed by atoms with Crippen molar-refractivity contribution < 1.29 is 1.43 Å². The van der Waals surface area contributed by atoms with Gasteiger partial charge in [0.05, 0.1) is 0 Å². The third kappa shape index (κ3) is 9.11. The molecule has 0 heterocycles. The van der Waals surface area contributed by atoms with Gasteiger partial charge in [0.25, 0.3) is 0 Å². The molecule has 1 heteroatoms. The van der Waals surface area contributed by atoms with E-state index in [1.54, 1.807) is 13.3 Å². The van der Waals surface area contributed by atoms with E-state index in [1.807, 2.05) is 0 Å². The van der Waals surface area contributed by atoms with Crippen LogP contribution >= 0.6 is 0 Å². The van der Waals surface area contributed by atoms with Crippen molar-refractivity contribution in [1.82, 2.24) is 0 Å². The fraction of sp³-hybridized carbons (Fsp3) is 1.00. The largest absolute Gasteiger partial charge is 1.00 e. The molecule has 0 unspecified atom stereocenters. The summed E-state index contributed by atoms with van der Waals surface area (Å²) in [6.45, 7) is 7.00. The van der Waals surface area contributed by atoms with E-state index in [9.17, 15) is 0 Å². The zero-order chi connectivity index (χ0) is 9.94. The minimum atomic E-state index is -0.839. The standard InChI is InChI=1S/3C4H9.Sn.H/c3*1-3-4-2;;/h3*1,3-4H2,2H3;;/q;;;;-1. The van der Waals surface area contributed by atoms with Gasteiger partial charge in [-0.15, -0.1) is 0 Å². The van der Waals surface area contributed by atoms with E-state index in [0.29, 0.717) is 0 Å². The smallest absolute Gasteiger partial charge is 1.00 e. The van der Waals surface area contributed by atoms with Gasteiger partial charge in [-0.05, 0) is 0 Å². The minimum absolute atomic E-state index is 0. The Balaban J connectivity index is 0. The van der Waals surface area contributed by atoms with Crippen LogP contribution in [0, 0.1) is 0 Å². The Morgan fingerprint density at radius 1 is 0.692 bits per heavy atom. The molecule has 0 aliphatic carbocycles. The van der Waals surface area contributed by atoms with Gasteiger partial charge in [-0.2, -0.15) is 0 Å². The molecule has 0 spiro atoms. The second-order valence-corrected chi connectivity index (χ2v) is 12.6. The van der Waals surface area contributed by atoms with Crippen LogP contribution in [0.15, 0.2) is 0 Å². The Kier molecular flexibility index (Phi) is 11.5. The van der Waals surface area contributed by atoms with Crippen LogP contribution in [0.5, 0.6) is 0 Å². The quantitative estimate of drug-likeness (QED) is 0.525. The molecule has 0 rings (SSSR count). The van der Waals surface area contributed by atoms with Gasteiger partial charge >= 0.3 is 92.4 Å². The van der Waals surface area contributed by atoms with Crippen molar-refractivity contribution in [2.24, 2.45) is 0 Å². The number of unbranched alkanes of at least 4 members (excludes halogenated alkanes) is 3. The van der Waals surface area contributed by atoms with Crippen LogP contribution in [-0.2, 0) is 0 Å². The molecule has 0 amide bonds. The van der Waals surface area contributed by atoms with E-state index in [-0.39, 0.29) is 1.43 Å². The predicted octanol–water partition coefficient (Wildman–Crippen LogP) is 4.99.